The summed E-state index contributed by atoms with van der Waals surface area (Å²) in [7, 11) is 0. The second-order valence-electron chi connectivity index (χ2n) is 5.35. The zero-order valence-corrected chi connectivity index (χ0v) is 15.7. The van der Waals surface area contributed by atoms with Gasteiger partial charge in [0.15, 0.2) is 15.9 Å². The molecule has 0 aromatic carbocycles. The summed E-state index contributed by atoms with van der Waals surface area (Å²) in [6, 6.07) is 0. The molecule has 0 saturated carbocycles. The second-order valence-corrected chi connectivity index (χ2v) is 7.91. The number of ketones is 2. The molecule has 0 bridgehead atoms. The van der Waals surface area contributed by atoms with Crippen LogP contribution in [0.25, 0.3) is 0 Å². The van der Waals surface area contributed by atoms with Crippen LogP contribution in [0.4, 0.5) is 5.13 Å². The number of thioether (sulfide) groups is 1. The molecule has 0 aliphatic carbocycles. The molecule has 6 nitrogen and oxygen atoms in total. The van der Waals surface area contributed by atoms with E-state index in [0.29, 0.717) is 28.5 Å². The molecule has 1 atom stereocenters. The van der Waals surface area contributed by atoms with Gasteiger partial charge in [-0.1, -0.05) is 29.2 Å². The van der Waals surface area contributed by atoms with Gasteiger partial charge in [0, 0.05) is 17.8 Å². The first-order chi connectivity index (χ1) is 11.3. The minimum atomic E-state index is -0.332. The maximum absolute atomic E-state index is 12.7. The molecule has 24 heavy (non-hydrogen) atoms. The van der Waals surface area contributed by atoms with E-state index >= 15 is 0 Å². The van der Waals surface area contributed by atoms with Crippen LogP contribution in [-0.2, 0) is 0 Å². The summed E-state index contributed by atoms with van der Waals surface area (Å²) in [6.07, 6.45) is 1.74. The van der Waals surface area contributed by atoms with Crippen molar-refractivity contribution < 1.29 is 9.59 Å². The topological polar surface area (TPSA) is 87.7 Å². The van der Waals surface area contributed by atoms with Gasteiger partial charge in [0.1, 0.15) is 0 Å². The molecule has 128 valence electrons. The average Bonchev–Trinajstić information content (AvgIpc) is 3.08. The summed E-state index contributed by atoms with van der Waals surface area (Å²) in [6.45, 7) is 11.2. The molecule has 2 aromatic rings. The largest absolute Gasteiger partial charge is 0.357 e. The van der Waals surface area contributed by atoms with Gasteiger partial charge < -0.3 is 10.3 Å². The van der Waals surface area contributed by atoms with Gasteiger partial charge in [-0.2, -0.15) is 0 Å². The van der Waals surface area contributed by atoms with E-state index in [9.17, 15) is 9.59 Å². The maximum Gasteiger partial charge on any atom is 0.206 e. The SMILES string of the molecule is C=CCNc1nnc(S[C@H](C)C(=O)c2[nH]c(C)c(C(C)=O)c2C)s1. The van der Waals surface area contributed by atoms with E-state index in [1.165, 1.54) is 30.0 Å². The van der Waals surface area contributed by atoms with Crippen LogP contribution < -0.4 is 5.32 Å². The predicted molar refractivity (Wildman–Crippen MR) is 98.5 cm³/mol. The van der Waals surface area contributed by atoms with Crippen LogP contribution in [0.5, 0.6) is 0 Å². The van der Waals surface area contributed by atoms with Crippen LogP contribution in [0, 0.1) is 13.8 Å². The minimum Gasteiger partial charge on any atom is -0.357 e. The van der Waals surface area contributed by atoms with Gasteiger partial charge in [-0.05, 0) is 33.3 Å². The molecule has 2 heterocycles. The molecule has 0 saturated heterocycles. The average molecular weight is 364 g/mol. The monoisotopic (exact) mass is 364 g/mol. The van der Waals surface area contributed by atoms with E-state index in [-0.39, 0.29) is 16.8 Å². The summed E-state index contributed by atoms with van der Waals surface area (Å²) >= 11 is 2.75. The standard InChI is InChI=1S/C16H20N4O2S2/c1-6-7-17-15-19-20-16(24-15)23-11(5)14(22)13-8(2)12(10(4)21)9(3)18-13/h6,11,18H,1,7H2,2-5H3,(H,17,19)/t11-/m1/s1. The third kappa shape index (κ3) is 3.93. The molecule has 2 aromatic heterocycles. The first-order valence-corrected chi connectivity index (χ1v) is 9.14. The number of hydrogen-bond acceptors (Lipinski definition) is 7. The summed E-state index contributed by atoms with van der Waals surface area (Å²) in [5.74, 6) is -0.0911. The highest BCUT2D eigenvalue weighted by Crippen LogP contribution is 2.31. The number of anilines is 1. The Morgan fingerprint density at radius 3 is 2.71 bits per heavy atom. The Kier molecular flexibility index (Phi) is 5.95. The second kappa shape index (κ2) is 7.76. The number of aromatic nitrogens is 3. The number of Topliss-reactive ketones (excluding diaryl/α,β-unsaturated/α-hetero) is 2. The number of nitrogens with one attached hydrogen (secondary N) is 2. The molecule has 2 N–H and O–H groups in total. The van der Waals surface area contributed by atoms with Crippen molar-refractivity contribution in [3.8, 4) is 0 Å². The zero-order chi connectivity index (χ0) is 17.9. The predicted octanol–water partition coefficient (Wildman–Crippen LogP) is 3.65. The first-order valence-electron chi connectivity index (χ1n) is 7.44. The minimum absolute atomic E-state index is 0.0392. The molecule has 0 radical (unpaired) electrons. The Labute approximate surface area is 149 Å². The third-order valence-corrected chi connectivity index (χ3v) is 5.55. The normalized spacial score (nSPS) is 12.0. The van der Waals surface area contributed by atoms with Crippen LogP contribution in [0.15, 0.2) is 17.0 Å². The van der Waals surface area contributed by atoms with Gasteiger partial charge in [-0.15, -0.1) is 16.8 Å². The fourth-order valence-electron chi connectivity index (χ4n) is 2.42. The number of rotatable bonds is 8. The van der Waals surface area contributed by atoms with Gasteiger partial charge in [0.2, 0.25) is 5.13 Å². The zero-order valence-electron chi connectivity index (χ0n) is 14.1. The molecule has 8 heteroatoms. The summed E-state index contributed by atoms with van der Waals surface area (Å²) in [5, 5.41) is 11.5. The number of hydrogen-bond donors (Lipinski definition) is 2. The number of aryl methyl sites for hydroxylation is 1. The smallest absolute Gasteiger partial charge is 0.206 e. The Morgan fingerprint density at radius 1 is 1.42 bits per heavy atom. The van der Waals surface area contributed by atoms with E-state index in [1.54, 1.807) is 19.9 Å². The quantitative estimate of drug-likeness (QED) is 0.422. The maximum atomic E-state index is 12.7. The Balaban J connectivity index is 2.12. The first kappa shape index (κ1) is 18.4. The number of carbonyl (C=O) groups excluding carboxylic acids is 2. The van der Waals surface area contributed by atoms with Crippen molar-refractivity contribution in [2.45, 2.75) is 37.3 Å². The van der Waals surface area contributed by atoms with E-state index in [0.717, 1.165) is 10.0 Å². The highest BCUT2D eigenvalue weighted by molar-refractivity contribution is 8.02. The van der Waals surface area contributed by atoms with E-state index in [4.69, 9.17) is 0 Å². The van der Waals surface area contributed by atoms with E-state index in [2.05, 4.69) is 27.1 Å². The fourth-order valence-corrected chi connectivity index (χ4v) is 4.38. The lowest BCUT2D eigenvalue weighted by Gasteiger charge is -2.07. The fraction of sp³-hybridized carbons (Fsp3) is 0.375. The molecule has 0 fully saturated rings. The van der Waals surface area contributed by atoms with Gasteiger partial charge in [0.05, 0.1) is 10.9 Å². The highest BCUT2D eigenvalue weighted by Gasteiger charge is 2.25. The molecule has 0 aliphatic heterocycles. The number of nitrogens with zero attached hydrogens (tertiary/aromatic N) is 2. The van der Waals surface area contributed by atoms with Gasteiger partial charge in [-0.3, -0.25) is 9.59 Å². The van der Waals surface area contributed by atoms with Gasteiger partial charge in [-0.25, -0.2) is 0 Å². The summed E-state index contributed by atoms with van der Waals surface area (Å²) < 4.78 is 0.718. The molecular formula is C16H20N4O2S2. The molecule has 0 amide bonds. The molecule has 0 spiro atoms. The lowest BCUT2D eigenvalue weighted by molar-refractivity contribution is 0.0988. The van der Waals surface area contributed by atoms with Crippen molar-refractivity contribution >= 4 is 39.8 Å². The van der Waals surface area contributed by atoms with Crippen LogP contribution in [0.3, 0.4) is 0 Å². The van der Waals surface area contributed by atoms with Crippen LogP contribution in [0.2, 0.25) is 0 Å². The van der Waals surface area contributed by atoms with Crippen molar-refractivity contribution in [2.24, 2.45) is 0 Å². The number of H-pyrrole nitrogens is 1. The van der Waals surface area contributed by atoms with Crippen molar-refractivity contribution in [1.82, 2.24) is 15.2 Å². The Hall–Kier alpha value is -1.93. The third-order valence-electron chi connectivity index (χ3n) is 3.49. The highest BCUT2D eigenvalue weighted by atomic mass is 32.2. The summed E-state index contributed by atoms with van der Waals surface area (Å²) in [5.41, 5.74) is 2.53. The lowest BCUT2D eigenvalue weighted by Crippen LogP contribution is -2.15. The van der Waals surface area contributed by atoms with Crippen molar-refractivity contribution in [1.29, 1.82) is 0 Å². The van der Waals surface area contributed by atoms with Crippen LogP contribution >= 0.6 is 23.1 Å². The van der Waals surface area contributed by atoms with Gasteiger partial charge >= 0.3 is 0 Å². The van der Waals surface area contributed by atoms with Crippen molar-refractivity contribution in [3.05, 3.63) is 35.2 Å². The molecule has 0 unspecified atom stereocenters. The van der Waals surface area contributed by atoms with E-state index < -0.39 is 0 Å². The molecular weight excluding hydrogens is 344 g/mol. The number of carbonyl (C=O) groups is 2. The van der Waals surface area contributed by atoms with Gasteiger partial charge in [0.25, 0.3) is 0 Å². The Morgan fingerprint density at radius 2 is 2.12 bits per heavy atom. The lowest BCUT2D eigenvalue weighted by atomic mass is 10.0. The van der Waals surface area contributed by atoms with Crippen molar-refractivity contribution in [3.63, 3.8) is 0 Å². The molecule has 0 aliphatic rings. The Bertz CT molecular complexity index is 779. The number of aromatic amines is 1. The van der Waals surface area contributed by atoms with Crippen LogP contribution in [0.1, 0.15) is 46.0 Å². The van der Waals surface area contributed by atoms with E-state index in [1.807, 2.05) is 6.92 Å². The molecule has 2 rings (SSSR count). The summed E-state index contributed by atoms with van der Waals surface area (Å²) in [4.78, 5) is 27.5. The van der Waals surface area contributed by atoms with Crippen LogP contribution in [-0.4, -0.2) is 38.5 Å². The van der Waals surface area contributed by atoms with Crippen molar-refractivity contribution in [2.75, 3.05) is 11.9 Å².